The van der Waals surface area contributed by atoms with Crippen LogP contribution in [-0.2, 0) is 14.3 Å². The first-order valence-electron chi connectivity index (χ1n) is 9.38. The van der Waals surface area contributed by atoms with Crippen LogP contribution in [0.2, 0.25) is 0 Å². The smallest absolute Gasteiger partial charge is 0.338 e. The summed E-state index contributed by atoms with van der Waals surface area (Å²) >= 11 is 0. The van der Waals surface area contributed by atoms with E-state index in [1.54, 1.807) is 35.9 Å². The quantitative estimate of drug-likeness (QED) is 0.613. The molecule has 1 aromatic heterocycles. The molecule has 0 fully saturated rings. The number of esters is 1. The molecule has 2 N–H and O–H groups in total. The second kappa shape index (κ2) is 9.93. The van der Waals surface area contributed by atoms with E-state index in [0.717, 1.165) is 0 Å². The molecule has 0 aliphatic carbocycles. The highest BCUT2D eigenvalue weighted by Gasteiger charge is 2.35. The summed E-state index contributed by atoms with van der Waals surface area (Å²) < 4.78 is 10.6. The molecule has 0 radical (unpaired) electrons. The Morgan fingerprint density at radius 2 is 1.96 bits per heavy atom. The van der Waals surface area contributed by atoms with E-state index in [9.17, 15) is 14.4 Å². The van der Waals surface area contributed by atoms with Crippen LogP contribution < -0.4 is 10.6 Å². The van der Waals surface area contributed by atoms with Crippen LogP contribution >= 0.6 is 0 Å². The summed E-state index contributed by atoms with van der Waals surface area (Å²) in [5.74, 6) is -0.138. The van der Waals surface area contributed by atoms with E-state index in [1.165, 1.54) is 6.26 Å². The maximum Gasteiger partial charge on any atom is 0.338 e. The van der Waals surface area contributed by atoms with Crippen LogP contribution in [0.15, 0.2) is 34.1 Å². The first-order valence-corrected chi connectivity index (χ1v) is 9.38. The van der Waals surface area contributed by atoms with Crippen molar-refractivity contribution < 1.29 is 23.5 Å². The zero-order valence-corrected chi connectivity index (χ0v) is 16.8. The van der Waals surface area contributed by atoms with Gasteiger partial charge in [-0.3, -0.25) is 9.69 Å². The summed E-state index contributed by atoms with van der Waals surface area (Å²) in [6, 6.07) is 2.15. The van der Waals surface area contributed by atoms with Gasteiger partial charge in [-0.25, -0.2) is 9.59 Å². The third kappa shape index (κ3) is 5.13. The minimum atomic E-state index is -0.760. The predicted molar refractivity (Wildman–Crippen MR) is 102 cm³/mol. The number of hydrogen-bond acceptors (Lipinski definition) is 6. The van der Waals surface area contributed by atoms with Crippen LogP contribution in [0.3, 0.4) is 0 Å². The molecule has 9 heteroatoms. The maximum atomic E-state index is 12.6. The molecule has 2 heterocycles. The summed E-state index contributed by atoms with van der Waals surface area (Å²) in [4.78, 5) is 40.6. The third-order valence-corrected chi connectivity index (χ3v) is 4.43. The fourth-order valence-electron chi connectivity index (χ4n) is 3.09. The van der Waals surface area contributed by atoms with Crippen LogP contribution in [0, 0.1) is 0 Å². The number of likely N-dealkylation sites (N-methyl/N-ethyl adjacent to an activating group) is 2. The largest absolute Gasteiger partial charge is 0.467 e. The van der Waals surface area contributed by atoms with Crippen LogP contribution in [0.5, 0.6) is 0 Å². The number of hydrogen-bond donors (Lipinski definition) is 2. The van der Waals surface area contributed by atoms with Gasteiger partial charge in [-0.2, -0.15) is 0 Å². The minimum absolute atomic E-state index is 0.0198. The van der Waals surface area contributed by atoms with Gasteiger partial charge >= 0.3 is 12.0 Å². The predicted octanol–water partition coefficient (Wildman–Crippen LogP) is 1.25. The molecule has 3 amide bonds. The molecule has 1 unspecified atom stereocenters. The molecule has 1 aliphatic heterocycles. The number of carbonyl (C=O) groups is 3. The van der Waals surface area contributed by atoms with E-state index in [2.05, 4.69) is 10.6 Å². The SMILES string of the molecule is CCOC(=O)C1=C(CN(C)CC(=O)N(CC)CC)NC(=O)NC1c1ccco1. The summed E-state index contributed by atoms with van der Waals surface area (Å²) in [7, 11) is 1.76. The molecule has 154 valence electrons. The monoisotopic (exact) mass is 392 g/mol. The summed E-state index contributed by atoms with van der Waals surface area (Å²) in [6.07, 6.45) is 1.47. The van der Waals surface area contributed by atoms with Gasteiger partial charge < -0.3 is 24.7 Å². The Morgan fingerprint density at radius 3 is 2.54 bits per heavy atom. The summed E-state index contributed by atoms with van der Waals surface area (Å²) in [5, 5.41) is 5.37. The zero-order valence-electron chi connectivity index (χ0n) is 16.8. The Balaban J connectivity index is 2.29. The highest BCUT2D eigenvalue weighted by Crippen LogP contribution is 2.28. The van der Waals surface area contributed by atoms with Crippen LogP contribution in [0.25, 0.3) is 0 Å². The minimum Gasteiger partial charge on any atom is -0.467 e. The first kappa shape index (κ1) is 21.5. The van der Waals surface area contributed by atoms with Crippen molar-refractivity contribution in [2.45, 2.75) is 26.8 Å². The maximum absolute atomic E-state index is 12.6. The lowest BCUT2D eigenvalue weighted by atomic mass is 10.00. The lowest BCUT2D eigenvalue weighted by Crippen LogP contribution is -2.49. The Hall–Kier alpha value is -2.81. The molecular formula is C19H28N4O5. The number of urea groups is 1. The van der Waals surface area contributed by atoms with Crippen molar-refractivity contribution in [1.29, 1.82) is 0 Å². The van der Waals surface area contributed by atoms with Gasteiger partial charge in [-0.1, -0.05) is 0 Å². The Bertz CT molecular complexity index is 725. The molecule has 1 aromatic rings. The topological polar surface area (TPSA) is 104 Å². The van der Waals surface area contributed by atoms with Crippen molar-refractivity contribution in [3.8, 4) is 0 Å². The molecule has 0 saturated carbocycles. The number of carbonyl (C=O) groups excluding carboxylic acids is 3. The molecule has 9 nitrogen and oxygen atoms in total. The fraction of sp³-hybridized carbons (Fsp3) is 0.526. The van der Waals surface area contributed by atoms with E-state index in [-0.39, 0.29) is 31.2 Å². The summed E-state index contributed by atoms with van der Waals surface area (Å²) in [5.41, 5.74) is 0.650. The van der Waals surface area contributed by atoms with Crippen molar-refractivity contribution in [3.63, 3.8) is 0 Å². The molecule has 2 rings (SSSR count). The number of rotatable bonds is 9. The van der Waals surface area contributed by atoms with E-state index >= 15 is 0 Å². The van der Waals surface area contributed by atoms with Gasteiger partial charge in [0.15, 0.2) is 0 Å². The molecule has 0 saturated heterocycles. The number of furan rings is 1. The van der Waals surface area contributed by atoms with Gasteiger partial charge in [0.1, 0.15) is 11.8 Å². The molecular weight excluding hydrogens is 364 g/mol. The molecule has 0 spiro atoms. The van der Waals surface area contributed by atoms with Crippen molar-refractivity contribution >= 4 is 17.9 Å². The molecule has 1 aliphatic rings. The van der Waals surface area contributed by atoms with Gasteiger partial charge in [0.2, 0.25) is 5.91 Å². The van der Waals surface area contributed by atoms with E-state index < -0.39 is 18.0 Å². The Morgan fingerprint density at radius 1 is 1.25 bits per heavy atom. The van der Waals surface area contributed by atoms with Gasteiger partial charge in [-0.15, -0.1) is 0 Å². The number of nitrogens with one attached hydrogen (secondary N) is 2. The van der Waals surface area contributed by atoms with Crippen molar-refractivity contribution in [2.75, 3.05) is 39.8 Å². The second-order valence-corrected chi connectivity index (χ2v) is 6.40. The van der Waals surface area contributed by atoms with E-state index in [4.69, 9.17) is 9.15 Å². The van der Waals surface area contributed by atoms with Gasteiger partial charge in [0.25, 0.3) is 0 Å². The molecule has 0 bridgehead atoms. The molecule has 1 atom stereocenters. The van der Waals surface area contributed by atoms with Crippen molar-refractivity contribution in [1.82, 2.24) is 20.4 Å². The fourth-order valence-corrected chi connectivity index (χ4v) is 3.09. The average Bonchev–Trinajstić information content (AvgIpc) is 3.16. The van der Waals surface area contributed by atoms with Crippen LogP contribution in [-0.4, -0.2) is 67.5 Å². The Kier molecular flexibility index (Phi) is 7.62. The highest BCUT2D eigenvalue weighted by atomic mass is 16.5. The normalized spacial score (nSPS) is 16.6. The average molecular weight is 392 g/mol. The van der Waals surface area contributed by atoms with Crippen LogP contribution in [0.1, 0.15) is 32.6 Å². The highest BCUT2D eigenvalue weighted by molar-refractivity contribution is 5.95. The van der Waals surface area contributed by atoms with Gasteiger partial charge in [0.05, 0.1) is 25.0 Å². The third-order valence-electron chi connectivity index (χ3n) is 4.43. The standard InChI is InChI=1S/C19H28N4O5/c1-5-23(6-2)15(24)12-22(4)11-13-16(18(25)27-7-3)17(21-19(26)20-13)14-9-8-10-28-14/h8-10,17H,5-7,11-12H2,1-4H3,(H2,20,21,26). The van der Waals surface area contributed by atoms with Crippen molar-refractivity contribution in [2.24, 2.45) is 0 Å². The zero-order chi connectivity index (χ0) is 20.7. The molecule has 28 heavy (non-hydrogen) atoms. The summed E-state index contributed by atoms with van der Waals surface area (Å²) in [6.45, 7) is 7.37. The van der Waals surface area contributed by atoms with Gasteiger partial charge in [-0.05, 0) is 40.0 Å². The number of nitrogens with zero attached hydrogens (tertiary/aromatic N) is 2. The second-order valence-electron chi connectivity index (χ2n) is 6.40. The van der Waals surface area contributed by atoms with Crippen LogP contribution in [0.4, 0.5) is 4.79 Å². The lowest BCUT2D eigenvalue weighted by molar-refractivity contribution is -0.139. The Labute approximate surface area is 164 Å². The molecule has 0 aromatic carbocycles. The van der Waals surface area contributed by atoms with E-state index in [0.29, 0.717) is 24.5 Å². The number of ether oxygens (including phenoxy) is 1. The first-order chi connectivity index (χ1) is 13.4. The van der Waals surface area contributed by atoms with Gasteiger partial charge in [0, 0.05) is 25.3 Å². The lowest BCUT2D eigenvalue weighted by Gasteiger charge is -2.30. The van der Waals surface area contributed by atoms with E-state index in [1.807, 2.05) is 13.8 Å². The van der Waals surface area contributed by atoms with Crippen molar-refractivity contribution in [3.05, 3.63) is 35.4 Å². The number of amides is 3.